The number of halogens is 1. The van der Waals surface area contributed by atoms with Gasteiger partial charge in [-0.1, -0.05) is 41.9 Å². The van der Waals surface area contributed by atoms with E-state index in [-0.39, 0.29) is 18.2 Å². The van der Waals surface area contributed by atoms with E-state index in [2.05, 4.69) is 10.2 Å². The highest BCUT2D eigenvalue weighted by atomic mass is 35.5. The number of Topliss-reactive ketones (excluding diaryl/α,β-unsaturated/α-hetero) is 1. The fourth-order valence-electron chi connectivity index (χ4n) is 2.74. The summed E-state index contributed by atoms with van der Waals surface area (Å²) in [6, 6.07) is 14.1. The minimum absolute atomic E-state index is 0.0149. The van der Waals surface area contributed by atoms with E-state index >= 15 is 0 Å². The SMILES string of the molecule is CN(C)CCCNC(=O)N(C)c1ccc(Cl)cc1CC(=O)c1ccccc1. The highest BCUT2D eigenvalue weighted by Crippen LogP contribution is 2.25. The van der Waals surface area contributed by atoms with Gasteiger partial charge in [-0.25, -0.2) is 4.79 Å². The van der Waals surface area contributed by atoms with Crippen LogP contribution in [-0.4, -0.2) is 50.9 Å². The Morgan fingerprint density at radius 3 is 2.41 bits per heavy atom. The second-order valence-electron chi connectivity index (χ2n) is 6.69. The van der Waals surface area contributed by atoms with E-state index in [1.54, 1.807) is 37.4 Å². The topological polar surface area (TPSA) is 52.7 Å². The lowest BCUT2D eigenvalue weighted by molar-refractivity contribution is 0.0993. The first-order valence-electron chi connectivity index (χ1n) is 8.91. The van der Waals surface area contributed by atoms with Gasteiger partial charge in [-0.15, -0.1) is 0 Å². The third kappa shape index (κ3) is 6.38. The van der Waals surface area contributed by atoms with Crippen LogP contribution in [0, 0.1) is 0 Å². The molecule has 0 radical (unpaired) electrons. The Labute approximate surface area is 165 Å². The van der Waals surface area contributed by atoms with Crippen LogP contribution < -0.4 is 10.2 Å². The number of rotatable bonds is 8. The molecule has 0 aromatic heterocycles. The molecule has 0 aliphatic rings. The van der Waals surface area contributed by atoms with Crippen LogP contribution in [0.3, 0.4) is 0 Å². The molecule has 2 amide bonds. The highest BCUT2D eigenvalue weighted by molar-refractivity contribution is 6.30. The number of hydrogen-bond donors (Lipinski definition) is 1. The number of nitrogens with one attached hydrogen (secondary N) is 1. The lowest BCUT2D eigenvalue weighted by atomic mass is 10.0. The molecule has 0 bridgehead atoms. The minimum atomic E-state index is -0.204. The first-order chi connectivity index (χ1) is 12.9. The normalized spacial score (nSPS) is 10.7. The Hall–Kier alpha value is -2.37. The summed E-state index contributed by atoms with van der Waals surface area (Å²) in [5, 5.41) is 3.44. The molecule has 0 fully saturated rings. The van der Waals surface area contributed by atoms with Crippen LogP contribution in [0.25, 0.3) is 0 Å². The Balaban J connectivity index is 2.10. The molecular formula is C21H26ClN3O2. The van der Waals surface area contributed by atoms with Gasteiger partial charge in [0.05, 0.1) is 0 Å². The number of benzene rings is 2. The average Bonchev–Trinajstić information content (AvgIpc) is 2.65. The summed E-state index contributed by atoms with van der Waals surface area (Å²) < 4.78 is 0. The first kappa shape index (κ1) is 20.9. The number of carbonyl (C=O) groups excluding carboxylic acids is 2. The molecule has 1 N–H and O–H groups in total. The van der Waals surface area contributed by atoms with Gasteiger partial charge in [-0.2, -0.15) is 0 Å². The minimum Gasteiger partial charge on any atom is -0.338 e. The number of anilines is 1. The van der Waals surface area contributed by atoms with Crippen LogP contribution >= 0.6 is 11.6 Å². The second kappa shape index (κ2) is 10.1. The number of hydrogen-bond acceptors (Lipinski definition) is 3. The van der Waals surface area contributed by atoms with Crippen molar-refractivity contribution in [3.63, 3.8) is 0 Å². The van der Waals surface area contributed by atoms with Crippen molar-refractivity contribution in [1.29, 1.82) is 0 Å². The predicted molar refractivity (Wildman–Crippen MR) is 111 cm³/mol. The van der Waals surface area contributed by atoms with Crippen molar-refractivity contribution in [2.24, 2.45) is 0 Å². The first-order valence-corrected chi connectivity index (χ1v) is 9.29. The molecule has 144 valence electrons. The average molecular weight is 388 g/mol. The fraction of sp³-hybridized carbons (Fsp3) is 0.333. The molecule has 0 saturated heterocycles. The molecule has 2 rings (SSSR count). The van der Waals surface area contributed by atoms with E-state index in [1.807, 2.05) is 32.3 Å². The monoisotopic (exact) mass is 387 g/mol. The fourth-order valence-corrected chi connectivity index (χ4v) is 2.94. The molecule has 5 nitrogen and oxygen atoms in total. The number of nitrogens with zero attached hydrogens (tertiary/aromatic N) is 2. The molecule has 0 aliphatic carbocycles. The van der Waals surface area contributed by atoms with E-state index in [9.17, 15) is 9.59 Å². The maximum absolute atomic E-state index is 12.6. The Morgan fingerprint density at radius 2 is 1.74 bits per heavy atom. The Bertz CT molecular complexity index is 778. The maximum Gasteiger partial charge on any atom is 0.321 e. The van der Waals surface area contributed by atoms with E-state index in [0.29, 0.717) is 22.8 Å². The third-order valence-electron chi connectivity index (χ3n) is 4.21. The van der Waals surface area contributed by atoms with Crippen molar-refractivity contribution in [3.05, 3.63) is 64.7 Å². The molecule has 2 aromatic rings. The van der Waals surface area contributed by atoms with Crippen molar-refractivity contribution >= 4 is 29.1 Å². The molecule has 0 atom stereocenters. The number of ketones is 1. The smallest absolute Gasteiger partial charge is 0.321 e. The van der Waals surface area contributed by atoms with Gasteiger partial charge in [-0.3, -0.25) is 9.69 Å². The van der Waals surface area contributed by atoms with Gasteiger partial charge in [0.25, 0.3) is 0 Å². The third-order valence-corrected chi connectivity index (χ3v) is 4.45. The molecule has 27 heavy (non-hydrogen) atoms. The molecule has 0 saturated carbocycles. The van der Waals surface area contributed by atoms with Gasteiger partial charge in [0.15, 0.2) is 5.78 Å². The lowest BCUT2D eigenvalue weighted by Gasteiger charge is -2.21. The zero-order valence-electron chi connectivity index (χ0n) is 16.0. The van der Waals surface area contributed by atoms with Crippen LogP contribution in [0.15, 0.2) is 48.5 Å². The van der Waals surface area contributed by atoms with Gasteiger partial charge >= 0.3 is 6.03 Å². The van der Waals surface area contributed by atoms with E-state index in [0.717, 1.165) is 18.5 Å². The Morgan fingerprint density at radius 1 is 1.04 bits per heavy atom. The molecule has 0 aliphatic heterocycles. The lowest BCUT2D eigenvalue weighted by Crippen LogP contribution is -2.39. The van der Waals surface area contributed by atoms with Crippen LogP contribution in [-0.2, 0) is 6.42 Å². The molecule has 0 unspecified atom stereocenters. The summed E-state index contributed by atoms with van der Waals surface area (Å²) in [6.45, 7) is 1.50. The van der Waals surface area contributed by atoms with Gasteiger partial charge in [-0.05, 0) is 50.8 Å². The molecule has 0 spiro atoms. The van der Waals surface area contributed by atoms with Crippen molar-refractivity contribution in [2.45, 2.75) is 12.8 Å². The van der Waals surface area contributed by atoms with Crippen molar-refractivity contribution in [2.75, 3.05) is 39.1 Å². The van der Waals surface area contributed by atoms with E-state index in [1.165, 1.54) is 4.90 Å². The summed E-state index contributed by atoms with van der Waals surface area (Å²) in [4.78, 5) is 28.6. The molecule has 0 heterocycles. The predicted octanol–water partition coefficient (Wildman–Crippen LogP) is 3.86. The zero-order valence-corrected chi connectivity index (χ0v) is 16.8. The number of carbonyl (C=O) groups is 2. The van der Waals surface area contributed by atoms with Crippen molar-refractivity contribution in [3.8, 4) is 0 Å². The van der Waals surface area contributed by atoms with Gasteiger partial charge in [0, 0.05) is 36.3 Å². The summed E-state index contributed by atoms with van der Waals surface area (Å²) in [7, 11) is 5.69. The van der Waals surface area contributed by atoms with Crippen LogP contribution in [0.2, 0.25) is 5.02 Å². The van der Waals surface area contributed by atoms with Gasteiger partial charge in [0.1, 0.15) is 0 Å². The summed E-state index contributed by atoms with van der Waals surface area (Å²) in [6.07, 6.45) is 1.05. The molecule has 2 aromatic carbocycles. The Kier molecular flexibility index (Phi) is 7.82. The highest BCUT2D eigenvalue weighted by Gasteiger charge is 2.17. The van der Waals surface area contributed by atoms with E-state index < -0.39 is 0 Å². The van der Waals surface area contributed by atoms with Crippen LogP contribution in [0.4, 0.5) is 10.5 Å². The maximum atomic E-state index is 12.6. The summed E-state index contributed by atoms with van der Waals surface area (Å²) in [5.74, 6) is -0.0149. The van der Waals surface area contributed by atoms with E-state index in [4.69, 9.17) is 11.6 Å². The second-order valence-corrected chi connectivity index (χ2v) is 7.12. The van der Waals surface area contributed by atoms with Crippen molar-refractivity contribution < 1.29 is 9.59 Å². The number of amides is 2. The van der Waals surface area contributed by atoms with Crippen molar-refractivity contribution in [1.82, 2.24) is 10.2 Å². The summed E-state index contributed by atoms with van der Waals surface area (Å²) in [5.41, 5.74) is 2.04. The molecule has 6 heteroatoms. The van der Waals surface area contributed by atoms with Crippen LogP contribution in [0.5, 0.6) is 0 Å². The molecular weight excluding hydrogens is 362 g/mol. The zero-order chi connectivity index (χ0) is 19.8. The van der Waals surface area contributed by atoms with Crippen LogP contribution in [0.1, 0.15) is 22.3 Å². The van der Waals surface area contributed by atoms with Gasteiger partial charge < -0.3 is 10.2 Å². The summed E-state index contributed by atoms with van der Waals surface area (Å²) >= 11 is 6.13. The standard InChI is InChI=1S/C21H26ClN3O2/c1-24(2)13-7-12-23-21(27)25(3)19-11-10-18(22)14-17(19)15-20(26)16-8-5-4-6-9-16/h4-6,8-11,14H,7,12-13,15H2,1-3H3,(H,23,27). The largest absolute Gasteiger partial charge is 0.338 e. The quantitative estimate of drug-likeness (QED) is 0.552. The number of urea groups is 1. The van der Waals surface area contributed by atoms with Gasteiger partial charge in [0.2, 0.25) is 0 Å².